The lowest BCUT2D eigenvalue weighted by Crippen LogP contribution is -2.24. The molecule has 3 aromatic rings. The number of rotatable bonds is 7. The Morgan fingerprint density at radius 3 is 2.67 bits per heavy atom. The lowest BCUT2D eigenvalue weighted by molar-refractivity contribution is -0.117. The lowest BCUT2D eigenvalue weighted by Gasteiger charge is -2.16. The molecule has 30 heavy (non-hydrogen) atoms. The molecule has 1 atom stereocenters. The maximum Gasteiger partial charge on any atom is 0.236 e. The van der Waals surface area contributed by atoms with Gasteiger partial charge in [0.1, 0.15) is 5.01 Å². The van der Waals surface area contributed by atoms with Crippen molar-refractivity contribution in [2.24, 2.45) is 0 Å². The molecule has 1 aliphatic rings. The van der Waals surface area contributed by atoms with E-state index < -0.39 is 0 Å². The molecule has 0 radical (unpaired) electrons. The molecular formula is C22H22N4O2S2. The van der Waals surface area contributed by atoms with Gasteiger partial charge in [-0.3, -0.25) is 14.9 Å². The Kier molecular flexibility index (Phi) is 6.44. The van der Waals surface area contributed by atoms with Gasteiger partial charge in [0.25, 0.3) is 0 Å². The molecule has 154 valence electrons. The first-order valence-corrected chi connectivity index (χ1v) is 11.6. The van der Waals surface area contributed by atoms with Gasteiger partial charge in [0, 0.05) is 29.5 Å². The highest BCUT2D eigenvalue weighted by Gasteiger charge is 2.34. The topological polar surface area (TPSA) is 75.2 Å². The summed E-state index contributed by atoms with van der Waals surface area (Å²) in [4.78, 5) is 27.6. The van der Waals surface area contributed by atoms with Crippen LogP contribution < -0.4 is 10.2 Å². The van der Waals surface area contributed by atoms with Crippen LogP contribution in [0.4, 0.5) is 10.8 Å². The van der Waals surface area contributed by atoms with Gasteiger partial charge in [0.05, 0.1) is 5.75 Å². The van der Waals surface area contributed by atoms with Crippen LogP contribution in [0.1, 0.15) is 29.8 Å². The van der Waals surface area contributed by atoms with Crippen molar-refractivity contribution in [2.75, 3.05) is 22.5 Å². The smallest absolute Gasteiger partial charge is 0.236 e. The highest BCUT2D eigenvalue weighted by molar-refractivity contribution is 8.00. The number of hydrogen-bond donors (Lipinski definition) is 1. The molecule has 1 aromatic heterocycles. The molecule has 1 fully saturated rings. The van der Waals surface area contributed by atoms with Crippen LogP contribution in [0, 0.1) is 0 Å². The van der Waals surface area contributed by atoms with Crippen molar-refractivity contribution in [3.63, 3.8) is 0 Å². The van der Waals surface area contributed by atoms with Crippen molar-refractivity contribution in [3.05, 3.63) is 65.2 Å². The Hall–Kier alpha value is -2.71. The highest BCUT2D eigenvalue weighted by Crippen LogP contribution is 2.34. The molecular weight excluding hydrogens is 416 g/mol. The largest absolute Gasteiger partial charge is 0.312 e. The minimum atomic E-state index is -0.119. The van der Waals surface area contributed by atoms with Crippen LogP contribution in [-0.2, 0) is 16.0 Å². The van der Waals surface area contributed by atoms with Gasteiger partial charge in [-0.1, -0.05) is 48.6 Å². The average Bonchev–Trinajstić information content (AvgIpc) is 3.39. The van der Waals surface area contributed by atoms with Gasteiger partial charge in [-0.05, 0) is 36.2 Å². The van der Waals surface area contributed by atoms with Crippen LogP contribution in [0.5, 0.6) is 0 Å². The third-order valence-electron chi connectivity index (χ3n) is 4.93. The second kappa shape index (κ2) is 9.40. The van der Waals surface area contributed by atoms with E-state index in [0.29, 0.717) is 23.8 Å². The van der Waals surface area contributed by atoms with Crippen LogP contribution in [0.15, 0.2) is 59.5 Å². The predicted molar refractivity (Wildman–Crippen MR) is 121 cm³/mol. The summed E-state index contributed by atoms with van der Waals surface area (Å²) in [6.45, 7) is 2.69. The molecule has 0 aliphatic carbocycles. The fraction of sp³-hybridized carbons (Fsp3) is 0.273. The Morgan fingerprint density at radius 2 is 1.93 bits per heavy atom. The van der Waals surface area contributed by atoms with E-state index in [1.54, 1.807) is 4.90 Å². The number of carbonyl (C=O) groups is 2. The molecule has 2 amide bonds. The van der Waals surface area contributed by atoms with Crippen molar-refractivity contribution >= 4 is 45.7 Å². The quantitative estimate of drug-likeness (QED) is 0.555. The first-order chi connectivity index (χ1) is 14.6. The standard InChI is InChI=1S/C22H22N4O2S2/c1-2-15-8-10-17(11-9-15)26-13-16(12-20(26)28)21-24-25-22(30-21)23-19(27)14-29-18-6-4-3-5-7-18/h3-11,16H,2,12-14H2,1H3,(H,23,25,27)/t16-/m1/s1. The molecule has 0 saturated carbocycles. The lowest BCUT2D eigenvalue weighted by atomic mass is 10.1. The number of aryl methyl sites for hydroxylation is 1. The summed E-state index contributed by atoms with van der Waals surface area (Å²) in [6, 6.07) is 17.9. The summed E-state index contributed by atoms with van der Waals surface area (Å²) in [5.41, 5.74) is 2.16. The second-order valence-electron chi connectivity index (χ2n) is 7.02. The molecule has 0 bridgehead atoms. The Morgan fingerprint density at radius 1 is 1.17 bits per heavy atom. The normalized spacial score (nSPS) is 16.1. The summed E-state index contributed by atoms with van der Waals surface area (Å²) in [7, 11) is 0. The number of nitrogens with one attached hydrogen (secondary N) is 1. The fourth-order valence-electron chi connectivity index (χ4n) is 3.31. The van der Waals surface area contributed by atoms with E-state index in [1.165, 1.54) is 28.7 Å². The monoisotopic (exact) mass is 438 g/mol. The van der Waals surface area contributed by atoms with Crippen LogP contribution in [0.3, 0.4) is 0 Å². The van der Waals surface area contributed by atoms with Gasteiger partial charge < -0.3 is 4.90 Å². The Balaban J connectivity index is 1.34. The number of hydrogen-bond acceptors (Lipinski definition) is 6. The minimum absolute atomic E-state index is 0.00908. The van der Waals surface area contributed by atoms with Gasteiger partial charge in [0.15, 0.2) is 0 Å². The van der Waals surface area contributed by atoms with Crippen LogP contribution in [-0.4, -0.2) is 34.3 Å². The molecule has 1 N–H and O–H groups in total. The fourth-order valence-corrected chi connectivity index (χ4v) is 4.88. The number of benzene rings is 2. The van der Waals surface area contributed by atoms with Crippen LogP contribution in [0.25, 0.3) is 0 Å². The van der Waals surface area contributed by atoms with Gasteiger partial charge in [0.2, 0.25) is 16.9 Å². The number of aromatic nitrogens is 2. The maximum atomic E-state index is 12.5. The van der Waals surface area contributed by atoms with Gasteiger partial charge in [-0.25, -0.2) is 0 Å². The molecule has 0 spiro atoms. The number of carbonyl (C=O) groups excluding carboxylic acids is 2. The molecule has 2 aromatic carbocycles. The van der Waals surface area contributed by atoms with Gasteiger partial charge in [-0.15, -0.1) is 22.0 Å². The summed E-state index contributed by atoms with van der Waals surface area (Å²) in [5, 5.41) is 12.4. The summed E-state index contributed by atoms with van der Waals surface area (Å²) >= 11 is 2.82. The average molecular weight is 439 g/mol. The van der Waals surface area contributed by atoms with E-state index in [0.717, 1.165) is 22.0 Å². The van der Waals surface area contributed by atoms with Gasteiger partial charge >= 0.3 is 0 Å². The van der Waals surface area contributed by atoms with Crippen molar-refractivity contribution in [1.82, 2.24) is 10.2 Å². The summed E-state index contributed by atoms with van der Waals surface area (Å²) in [5.74, 6) is 0.267. The zero-order valence-corrected chi connectivity index (χ0v) is 18.2. The van der Waals surface area contributed by atoms with Crippen molar-refractivity contribution in [2.45, 2.75) is 30.6 Å². The first kappa shape index (κ1) is 20.6. The van der Waals surface area contributed by atoms with E-state index in [1.807, 2.05) is 42.5 Å². The Bertz CT molecular complexity index is 1020. The molecule has 1 aliphatic heterocycles. The van der Waals surface area contributed by atoms with E-state index in [9.17, 15) is 9.59 Å². The van der Waals surface area contributed by atoms with E-state index in [-0.39, 0.29) is 17.7 Å². The van der Waals surface area contributed by atoms with E-state index in [4.69, 9.17) is 0 Å². The highest BCUT2D eigenvalue weighted by atomic mass is 32.2. The number of amides is 2. The number of thioether (sulfide) groups is 1. The Labute approximate surface area is 183 Å². The molecule has 8 heteroatoms. The van der Waals surface area contributed by atoms with Crippen molar-refractivity contribution in [1.29, 1.82) is 0 Å². The third kappa shape index (κ3) is 4.88. The SMILES string of the molecule is CCc1ccc(N2C[C@H](c3nnc(NC(=O)CSc4ccccc4)s3)CC2=O)cc1. The van der Waals surface area contributed by atoms with Crippen LogP contribution in [0.2, 0.25) is 0 Å². The van der Waals surface area contributed by atoms with Gasteiger partial charge in [-0.2, -0.15) is 0 Å². The molecule has 0 unspecified atom stereocenters. The first-order valence-electron chi connectivity index (χ1n) is 9.82. The summed E-state index contributed by atoms with van der Waals surface area (Å²) < 4.78 is 0. The predicted octanol–water partition coefficient (Wildman–Crippen LogP) is 4.35. The van der Waals surface area contributed by atoms with E-state index >= 15 is 0 Å². The van der Waals surface area contributed by atoms with E-state index in [2.05, 4.69) is 34.6 Å². The second-order valence-corrected chi connectivity index (χ2v) is 9.08. The molecule has 4 rings (SSSR count). The van der Waals surface area contributed by atoms with Crippen molar-refractivity contribution in [3.8, 4) is 0 Å². The summed E-state index contributed by atoms with van der Waals surface area (Å²) in [6.07, 6.45) is 1.38. The minimum Gasteiger partial charge on any atom is -0.312 e. The molecule has 6 nitrogen and oxygen atoms in total. The third-order valence-corrected chi connectivity index (χ3v) is 6.94. The maximum absolute atomic E-state index is 12.5. The number of anilines is 2. The van der Waals surface area contributed by atoms with Crippen molar-refractivity contribution < 1.29 is 9.59 Å². The molecule has 2 heterocycles. The van der Waals surface area contributed by atoms with Crippen LogP contribution >= 0.6 is 23.1 Å². The zero-order chi connectivity index (χ0) is 20.9. The zero-order valence-electron chi connectivity index (χ0n) is 16.6. The molecule has 1 saturated heterocycles. The number of nitrogens with zero attached hydrogens (tertiary/aromatic N) is 3.